The molecule has 2 unspecified atom stereocenters. The molecule has 0 aliphatic heterocycles. The maximum Gasteiger partial charge on any atom is 0.408 e. The van der Waals surface area contributed by atoms with Gasteiger partial charge < -0.3 is 26.0 Å². The average molecular weight is 517 g/mol. The summed E-state index contributed by atoms with van der Waals surface area (Å²) < 4.78 is 5.35. The lowest BCUT2D eigenvalue weighted by Gasteiger charge is -2.43. The Hall–Kier alpha value is -3.36. The number of hydrogen-bond acceptors (Lipinski definition) is 5. The molecule has 0 saturated heterocycles. The van der Waals surface area contributed by atoms with E-state index in [9.17, 15) is 19.2 Å². The van der Waals surface area contributed by atoms with Gasteiger partial charge in [-0.25, -0.2) is 4.79 Å². The second-order valence-corrected chi connectivity index (χ2v) is 11.0. The third-order valence-electron chi connectivity index (χ3n) is 5.43. The molecule has 4 amide bonds. The Morgan fingerprint density at radius 3 is 2.30 bits per heavy atom. The average Bonchev–Trinajstić information content (AvgIpc) is 2.77. The van der Waals surface area contributed by atoms with Gasteiger partial charge in [0.05, 0.1) is 0 Å². The van der Waals surface area contributed by atoms with Crippen LogP contribution in [0.15, 0.2) is 30.8 Å². The highest BCUT2D eigenvalue weighted by atomic mass is 16.6. The lowest BCUT2D eigenvalue weighted by Crippen LogP contribution is -2.58. The molecule has 2 atom stereocenters. The van der Waals surface area contributed by atoms with Crippen molar-refractivity contribution in [1.29, 1.82) is 0 Å². The molecule has 0 bridgehead atoms. The third kappa shape index (κ3) is 10.7. The Bertz CT molecular complexity index is 962. The summed E-state index contributed by atoms with van der Waals surface area (Å²) in [6.45, 7) is 16.8. The highest BCUT2D eigenvalue weighted by Gasteiger charge is 2.41. The summed E-state index contributed by atoms with van der Waals surface area (Å²) >= 11 is 0. The zero-order valence-electron chi connectivity index (χ0n) is 23.3. The summed E-state index contributed by atoms with van der Waals surface area (Å²) in [6, 6.07) is 5.10. The Labute approximate surface area is 221 Å². The molecule has 1 rings (SSSR count). The van der Waals surface area contributed by atoms with E-state index < -0.39 is 41.1 Å². The van der Waals surface area contributed by atoms with Gasteiger partial charge in [0.15, 0.2) is 0 Å². The highest BCUT2D eigenvalue weighted by Crippen LogP contribution is 2.31. The van der Waals surface area contributed by atoms with Crippen molar-refractivity contribution in [3.63, 3.8) is 0 Å². The van der Waals surface area contributed by atoms with Crippen LogP contribution in [-0.2, 0) is 19.1 Å². The Morgan fingerprint density at radius 2 is 1.78 bits per heavy atom. The molecule has 206 valence electrons. The monoisotopic (exact) mass is 516 g/mol. The summed E-state index contributed by atoms with van der Waals surface area (Å²) in [5, 5.41) is 5.54. The molecule has 4 N–H and O–H groups in total. The van der Waals surface area contributed by atoms with Crippen molar-refractivity contribution in [2.75, 3.05) is 6.54 Å². The van der Waals surface area contributed by atoms with E-state index in [-0.39, 0.29) is 18.7 Å². The molecule has 0 aliphatic rings. The van der Waals surface area contributed by atoms with Crippen LogP contribution in [0.25, 0.3) is 6.08 Å². The molecule has 37 heavy (non-hydrogen) atoms. The fourth-order valence-electron chi connectivity index (χ4n) is 3.77. The number of carbonyl (C=O) groups excluding carboxylic acids is 4. The van der Waals surface area contributed by atoms with E-state index in [0.717, 1.165) is 18.4 Å². The SMILES string of the molecule is C=Cc1cccc(C(C(=O)NCCCC)N(C(=O)C(CCC(N)=O)NC(=O)OC(C)(C)C)C(C)(C)C)c1. The first-order chi connectivity index (χ1) is 17.1. The summed E-state index contributed by atoms with van der Waals surface area (Å²) in [5.74, 6) is -1.48. The van der Waals surface area contributed by atoms with Crippen LogP contribution in [0.2, 0.25) is 0 Å². The number of rotatable bonds is 12. The third-order valence-corrected chi connectivity index (χ3v) is 5.43. The minimum atomic E-state index is -1.14. The Balaban J connectivity index is 3.58. The summed E-state index contributed by atoms with van der Waals surface area (Å²) in [5.41, 5.74) is 5.11. The number of nitrogens with zero attached hydrogens (tertiary/aromatic N) is 1. The largest absolute Gasteiger partial charge is 0.444 e. The van der Waals surface area contributed by atoms with E-state index in [0.29, 0.717) is 12.1 Å². The first kappa shape index (κ1) is 31.7. The Morgan fingerprint density at radius 1 is 1.14 bits per heavy atom. The van der Waals surface area contributed by atoms with Crippen LogP contribution in [0.4, 0.5) is 4.79 Å². The van der Waals surface area contributed by atoms with Crippen LogP contribution >= 0.6 is 0 Å². The van der Waals surface area contributed by atoms with Crippen molar-refractivity contribution in [3.05, 3.63) is 42.0 Å². The molecule has 9 nitrogen and oxygen atoms in total. The normalized spacial score (nSPS) is 13.2. The van der Waals surface area contributed by atoms with Gasteiger partial charge in [-0.1, -0.05) is 44.2 Å². The zero-order valence-corrected chi connectivity index (χ0v) is 23.3. The predicted octanol–water partition coefficient (Wildman–Crippen LogP) is 4.07. The fourth-order valence-corrected chi connectivity index (χ4v) is 3.77. The number of primary amides is 1. The van der Waals surface area contributed by atoms with Gasteiger partial charge in [0.1, 0.15) is 17.7 Å². The maximum atomic E-state index is 14.1. The van der Waals surface area contributed by atoms with Crippen LogP contribution in [0.3, 0.4) is 0 Å². The van der Waals surface area contributed by atoms with E-state index in [4.69, 9.17) is 10.5 Å². The molecule has 0 aromatic heterocycles. The summed E-state index contributed by atoms with van der Waals surface area (Å²) in [6.07, 6.45) is 2.37. The van der Waals surface area contributed by atoms with Gasteiger partial charge in [-0.15, -0.1) is 0 Å². The minimum Gasteiger partial charge on any atom is -0.444 e. The van der Waals surface area contributed by atoms with Gasteiger partial charge in [0.2, 0.25) is 17.7 Å². The summed E-state index contributed by atoms with van der Waals surface area (Å²) in [4.78, 5) is 53.3. The van der Waals surface area contributed by atoms with Crippen LogP contribution in [0, 0.1) is 0 Å². The molecule has 1 aromatic rings. The van der Waals surface area contributed by atoms with E-state index >= 15 is 0 Å². The molecule has 0 aliphatic carbocycles. The van der Waals surface area contributed by atoms with Gasteiger partial charge in [0.25, 0.3) is 0 Å². The van der Waals surface area contributed by atoms with Crippen LogP contribution < -0.4 is 16.4 Å². The zero-order chi connectivity index (χ0) is 28.4. The first-order valence-corrected chi connectivity index (χ1v) is 12.7. The van der Waals surface area contributed by atoms with E-state index in [1.807, 2.05) is 39.8 Å². The molecule has 9 heteroatoms. The number of alkyl carbamates (subject to hydrolysis) is 1. The predicted molar refractivity (Wildman–Crippen MR) is 145 cm³/mol. The van der Waals surface area contributed by atoms with E-state index in [2.05, 4.69) is 17.2 Å². The van der Waals surface area contributed by atoms with Gasteiger partial charge in [0, 0.05) is 18.5 Å². The van der Waals surface area contributed by atoms with Gasteiger partial charge in [-0.2, -0.15) is 0 Å². The van der Waals surface area contributed by atoms with Crippen molar-refractivity contribution in [2.45, 2.75) is 97.4 Å². The topological polar surface area (TPSA) is 131 Å². The van der Waals surface area contributed by atoms with Crippen molar-refractivity contribution in [3.8, 4) is 0 Å². The molecular formula is C28H44N4O5. The number of ether oxygens (including phenoxy) is 1. The van der Waals surface area contributed by atoms with Crippen LogP contribution in [0.1, 0.15) is 91.3 Å². The number of amides is 4. The molecule has 0 radical (unpaired) electrons. The number of carbonyl (C=O) groups is 4. The van der Waals surface area contributed by atoms with Crippen molar-refractivity contribution >= 4 is 29.9 Å². The smallest absolute Gasteiger partial charge is 0.408 e. The molecule has 0 spiro atoms. The first-order valence-electron chi connectivity index (χ1n) is 12.7. The minimum absolute atomic E-state index is 0.0448. The molecule has 0 fully saturated rings. The molecule has 1 aromatic carbocycles. The van der Waals surface area contributed by atoms with Gasteiger partial charge in [-0.3, -0.25) is 14.4 Å². The van der Waals surface area contributed by atoms with Crippen LogP contribution in [-0.4, -0.2) is 52.4 Å². The second-order valence-electron chi connectivity index (χ2n) is 11.0. The number of unbranched alkanes of at least 4 members (excludes halogenated alkanes) is 1. The van der Waals surface area contributed by atoms with Crippen molar-refractivity contribution in [2.24, 2.45) is 5.73 Å². The molecule has 0 heterocycles. The van der Waals surface area contributed by atoms with Crippen molar-refractivity contribution < 1.29 is 23.9 Å². The Kier molecular flexibility index (Phi) is 11.8. The van der Waals surface area contributed by atoms with Crippen LogP contribution in [0.5, 0.6) is 0 Å². The number of hydrogen-bond donors (Lipinski definition) is 3. The lowest BCUT2D eigenvalue weighted by molar-refractivity contribution is -0.148. The fraction of sp³-hybridized carbons (Fsp3) is 0.571. The number of nitrogens with two attached hydrogens (primary N) is 1. The summed E-state index contributed by atoms with van der Waals surface area (Å²) in [7, 11) is 0. The van der Waals surface area contributed by atoms with Crippen molar-refractivity contribution in [1.82, 2.24) is 15.5 Å². The van der Waals surface area contributed by atoms with Gasteiger partial charge >= 0.3 is 6.09 Å². The van der Waals surface area contributed by atoms with E-state index in [1.165, 1.54) is 4.90 Å². The molecular weight excluding hydrogens is 472 g/mol. The maximum absolute atomic E-state index is 14.1. The second kappa shape index (κ2) is 13.8. The standard InChI is InChI=1S/C28H44N4O5/c1-9-11-17-30-24(34)23(20-14-12-13-19(10-2)18-20)32(27(3,4)5)25(35)21(15-16-22(29)33)31-26(36)37-28(6,7)8/h10,12-14,18,21,23H,2,9,11,15-17H2,1,3-8H3,(H2,29,33)(H,30,34)(H,31,36). The van der Waals surface area contributed by atoms with Gasteiger partial charge in [-0.05, 0) is 71.6 Å². The van der Waals surface area contributed by atoms with E-state index in [1.54, 1.807) is 39.0 Å². The highest BCUT2D eigenvalue weighted by molar-refractivity contribution is 5.93. The lowest BCUT2D eigenvalue weighted by atomic mass is 9.93. The number of benzene rings is 1. The molecule has 0 saturated carbocycles. The number of nitrogens with one attached hydrogen (secondary N) is 2. The quantitative estimate of drug-likeness (QED) is 0.361.